The number of aromatic nitrogens is 2. The summed E-state index contributed by atoms with van der Waals surface area (Å²) < 4.78 is 6.71. The number of hydrogen-bond donors (Lipinski definition) is 1. The van der Waals surface area contributed by atoms with E-state index < -0.39 is 0 Å². The van der Waals surface area contributed by atoms with Crippen molar-refractivity contribution in [3.05, 3.63) is 18.0 Å². The molecule has 1 aliphatic rings. The topological polar surface area (TPSA) is 56.1 Å². The van der Waals surface area contributed by atoms with Crippen molar-refractivity contribution in [1.29, 1.82) is 0 Å². The van der Waals surface area contributed by atoms with Crippen LogP contribution in [0.25, 0.3) is 0 Å². The van der Waals surface area contributed by atoms with Crippen molar-refractivity contribution in [2.45, 2.75) is 44.7 Å². The molecule has 1 aliphatic carbocycles. The van der Waals surface area contributed by atoms with E-state index in [0.717, 1.165) is 12.8 Å². The molecular formula is C13H21N3O2. The van der Waals surface area contributed by atoms with Gasteiger partial charge < -0.3 is 10.1 Å². The van der Waals surface area contributed by atoms with Gasteiger partial charge >= 0.3 is 0 Å². The zero-order valence-corrected chi connectivity index (χ0v) is 10.9. The molecule has 1 amide bonds. The third-order valence-electron chi connectivity index (χ3n) is 3.34. The quantitative estimate of drug-likeness (QED) is 0.864. The van der Waals surface area contributed by atoms with E-state index in [4.69, 9.17) is 4.74 Å². The maximum absolute atomic E-state index is 12.0. The minimum Gasteiger partial charge on any atom is -0.383 e. The maximum atomic E-state index is 12.0. The Morgan fingerprint density at radius 2 is 2.28 bits per heavy atom. The number of nitrogens with zero attached hydrogens (tertiary/aromatic N) is 2. The fourth-order valence-electron chi connectivity index (χ4n) is 2.30. The number of carbonyl (C=O) groups excluding carboxylic acids is 1. The van der Waals surface area contributed by atoms with E-state index in [0.29, 0.717) is 24.9 Å². The average Bonchev–Trinajstić information content (AvgIpc) is 2.86. The molecule has 0 spiro atoms. The normalized spacial score (nSPS) is 16.7. The Morgan fingerprint density at radius 1 is 1.50 bits per heavy atom. The molecule has 1 fully saturated rings. The minimum atomic E-state index is -0.0573. The standard InChI is InChI=1S/C13H21N3O2/c1-18-10-9-16-8-7-12(15-16)13(17)14-11-5-3-2-4-6-11/h7-8,11H,2-6,9-10H2,1H3,(H,14,17). The first-order valence-corrected chi connectivity index (χ1v) is 6.63. The van der Waals surface area contributed by atoms with Gasteiger partial charge in [-0.25, -0.2) is 0 Å². The van der Waals surface area contributed by atoms with Crippen molar-refractivity contribution < 1.29 is 9.53 Å². The Bertz CT molecular complexity index is 383. The number of carbonyl (C=O) groups is 1. The van der Waals surface area contributed by atoms with Crippen molar-refractivity contribution in [2.75, 3.05) is 13.7 Å². The van der Waals surface area contributed by atoms with Gasteiger partial charge in [0.25, 0.3) is 5.91 Å². The van der Waals surface area contributed by atoms with Crippen LogP contribution >= 0.6 is 0 Å². The second-order valence-electron chi connectivity index (χ2n) is 4.77. The van der Waals surface area contributed by atoms with Gasteiger partial charge in [-0.3, -0.25) is 9.48 Å². The van der Waals surface area contributed by atoms with Gasteiger partial charge in [-0.15, -0.1) is 0 Å². The van der Waals surface area contributed by atoms with Crippen LogP contribution < -0.4 is 5.32 Å². The van der Waals surface area contributed by atoms with E-state index in [9.17, 15) is 4.79 Å². The van der Waals surface area contributed by atoms with E-state index in [2.05, 4.69) is 10.4 Å². The van der Waals surface area contributed by atoms with Crippen molar-refractivity contribution in [3.8, 4) is 0 Å². The van der Waals surface area contributed by atoms with Gasteiger partial charge in [0.1, 0.15) is 5.69 Å². The zero-order chi connectivity index (χ0) is 12.8. The molecule has 0 radical (unpaired) electrons. The molecule has 0 aromatic carbocycles. The highest BCUT2D eigenvalue weighted by molar-refractivity contribution is 5.92. The molecule has 1 aromatic heterocycles. The molecule has 0 unspecified atom stereocenters. The van der Waals surface area contributed by atoms with Gasteiger partial charge in [-0.2, -0.15) is 5.10 Å². The number of nitrogens with one attached hydrogen (secondary N) is 1. The highest BCUT2D eigenvalue weighted by Crippen LogP contribution is 2.17. The van der Waals surface area contributed by atoms with E-state index in [1.807, 2.05) is 6.20 Å². The van der Waals surface area contributed by atoms with Crippen LogP contribution in [0.15, 0.2) is 12.3 Å². The molecule has 2 rings (SSSR count). The largest absolute Gasteiger partial charge is 0.383 e. The SMILES string of the molecule is COCCn1ccc(C(=O)NC2CCCCC2)n1. The predicted octanol–water partition coefficient (Wildman–Crippen LogP) is 1.59. The molecule has 100 valence electrons. The molecule has 1 heterocycles. The average molecular weight is 251 g/mol. The fraction of sp³-hybridized carbons (Fsp3) is 0.692. The van der Waals surface area contributed by atoms with Gasteiger partial charge in [0, 0.05) is 19.3 Å². The molecule has 1 aromatic rings. The lowest BCUT2D eigenvalue weighted by Gasteiger charge is -2.22. The van der Waals surface area contributed by atoms with Gasteiger partial charge in [-0.05, 0) is 18.9 Å². The van der Waals surface area contributed by atoms with Crippen LogP contribution in [-0.2, 0) is 11.3 Å². The summed E-state index contributed by atoms with van der Waals surface area (Å²) in [6, 6.07) is 2.09. The van der Waals surface area contributed by atoms with Crippen LogP contribution in [0.5, 0.6) is 0 Å². The summed E-state index contributed by atoms with van der Waals surface area (Å²) in [5.41, 5.74) is 0.497. The summed E-state index contributed by atoms with van der Waals surface area (Å²) in [5, 5.41) is 7.30. The second-order valence-corrected chi connectivity index (χ2v) is 4.77. The van der Waals surface area contributed by atoms with Crippen molar-refractivity contribution in [2.24, 2.45) is 0 Å². The monoisotopic (exact) mass is 251 g/mol. The van der Waals surface area contributed by atoms with Crippen molar-refractivity contribution in [1.82, 2.24) is 15.1 Å². The number of rotatable bonds is 5. The van der Waals surface area contributed by atoms with Crippen LogP contribution in [0.2, 0.25) is 0 Å². The smallest absolute Gasteiger partial charge is 0.271 e. The summed E-state index contributed by atoms with van der Waals surface area (Å²) >= 11 is 0. The molecule has 0 saturated heterocycles. The summed E-state index contributed by atoms with van der Waals surface area (Å²) in [6.07, 6.45) is 7.72. The summed E-state index contributed by atoms with van der Waals surface area (Å²) in [4.78, 5) is 12.0. The predicted molar refractivity (Wildman–Crippen MR) is 68.4 cm³/mol. The molecule has 1 saturated carbocycles. The Balaban J connectivity index is 1.85. The maximum Gasteiger partial charge on any atom is 0.271 e. The van der Waals surface area contributed by atoms with E-state index in [-0.39, 0.29) is 5.91 Å². The van der Waals surface area contributed by atoms with E-state index in [1.165, 1.54) is 19.3 Å². The highest BCUT2D eigenvalue weighted by Gasteiger charge is 2.17. The van der Waals surface area contributed by atoms with Crippen molar-refractivity contribution >= 4 is 5.91 Å². The number of amides is 1. The number of methoxy groups -OCH3 is 1. The van der Waals surface area contributed by atoms with Crippen molar-refractivity contribution in [3.63, 3.8) is 0 Å². The first kappa shape index (κ1) is 13.1. The summed E-state index contributed by atoms with van der Waals surface area (Å²) in [5.74, 6) is -0.0573. The third-order valence-corrected chi connectivity index (χ3v) is 3.34. The van der Waals surface area contributed by atoms with E-state index >= 15 is 0 Å². The van der Waals surface area contributed by atoms with E-state index in [1.54, 1.807) is 17.9 Å². The first-order chi connectivity index (χ1) is 8.79. The van der Waals surface area contributed by atoms with Gasteiger partial charge in [-0.1, -0.05) is 19.3 Å². The number of ether oxygens (including phenoxy) is 1. The molecular weight excluding hydrogens is 230 g/mol. The first-order valence-electron chi connectivity index (χ1n) is 6.63. The molecule has 0 aliphatic heterocycles. The molecule has 0 bridgehead atoms. The Hall–Kier alpha value is -1.36. The molecule has 0 atom stereocenters. The van der Waals surface area contributed by atoms with Crippen LogP contribution in [0, 0.1) is 0 Å². The van der Waals surface area contributed by atoms with Crippen LogP contribution in [0.1, 0.15) is 42.6 Å². The number of hydrogen-bond acceptors (Lipinski definition) is 3. The lowest BCUT2D eigenvalue weighted by molar-refractivity contribution is 0.0921. The highest BCUT2D eigenvalue weighted by atomic mass is 16.5. The Kier molecular flexibility index (Phi) is 4.75. The van der Waals surface area contributed by atoms with Crippen LogP contribution in [0.4, 0.5) is 0 Å². The lowest BCUT2D eigenvalue weighted by Crippen LogP contribution is -2.36. The molecule has 5 nitrogen and oxygen atoms in total. The van der Waals surface area contributed by atoms with Crippen LogP contribution in [0.3, 0.4) is 0 Å². The molecule has 1 N–H and O–H groups in total. The third kappa shape index (κ3) is 3.57. The molecule has 18 heavy (non-hydrogen) atoms. The fourth-order valence-corrected chi connectivity index (χ4v) is 2.30. The molecule has 5 heteroatoms. The Morgan fingerprint density at radius 3 is 3.00 bits per heavy atom. The minimum absolute atomic E-state index is 0.0573. The second kappa shape index (κ2) is 6.54. The summed E-state index contributed by atoms with van der Waals surface area (Å²) in [6.45, 7) is 1.28. The Labute approximate surface area is 108 Å². The zero-order valence-electron chi connectivity index (χ0n) is 10.9. The van der Waals surface area contributed by atoms with Gasteiger partial charge in [0.15, 0.2) is 0 Å². The van der Waals surface area contributed by atoms with Crippen LogP contribution in [-0.4, -0.2) is 35.4 Å². The van der Waals surface area contributed by atoms with Gasteiger partial charge in [0.2, 0.25) is 0 Å². The summed E-state index contributed by atoms with van der Waals surface area (Å²) in [7, 11) is 1.65. The lowest BCUT2D eigenvalue weighted by atomic mass is 9.95. The van der Waals surface area contributed by atoms with Gasteiger partial charge in [0.05, 0.1) is 13.2 Å².